The number of ketones is 2. The van der Waals surface area contributed by atoms with Gasteiger partial charge in [-0.2, -0.15) is 0 Å². The number of carbonyl (C=O) groups is 3. The second kappa shape index (κ2) is 9.97. The van der Waals surface area contributed by atoms with E-state index in [9.17, 15) is 34.8 Å². The number of hydrogen-bond acceptors (Lipinski definition) is 9. The summed E-state index contributed by atoms with van der Waals surface area (Å²) in [4.78, 5) is 42.6. The van der Waals surface area contributed by atoms with Gasteiger partial charge in [0.1, 0.15) is 28.7 Å². The van der Waals surface area contributed by atoms with Gasteiger partial charge in [0.05, 0.1) is 11.6 Å². The van der Waals surface area contributed by atoms with Crippen LogP contribution < -0.4 is 5.73 Å². The lowest BCUT2D eigenvalue weighted by molar-refractivity contribution is -0.153. The van der Waals surface area contributed by atoms with Crippen molar-refractivity contribution in [2.45, 2.75) is 58.7 Å². The molecule has 0 heterocycles. The molecule has 0 radical (unpaired) electrons. The first-order chi connectivity index (χ1) is 18.4. The molecule has 3 aliphatic rings. The first kappa shape index (κ1) is 29.7. The smallest absolute Gasteiger partial charge is 0.255 e. The summed E-state index contributed by atoms with van der Waals surface area (Å²) in [6.45, 7) is 9.70. The van der Waals surface area contributed by atoms with E-state index >= 15 is 4.39 Å². The van der Waals surface area contributed by atoms with E-state index in [1.807, 2.05) is 11.8 Å². The van der Waals surface area contributed by atoms with Crippen LogP contribution in [-0.2, 0) is 27.3 Å². The summed E-state index contributed by atoms with van der Waals surface area (Å²) in [5.74, 6) is -8.21. The Morgan fingerprint density at radius 3 is 2.35 bits per heavy atom. The zero-order valence-electron chi connectivity index (χ0n) is 23.7. The predicted molar refractivity (Wildman–Crippen MR) is 145 cm³/mol. The van der Waals surface area contributed by atoms with Crippen molar-refractivity contribution in [2.24, 2.45) is 23.0 Å². The predicted octanol–water partition coefficient (Wildman–Crippen LogP) is 1.97. The van der Waals surface area contributed by atoms with Gasteiger partial charge in [0, 0.05) is 35.7 Å². The van der Waals surface area contributed by atoms with E-state index in [1.54, 1.807) is 0 Å². The summed E-state index contributed by atoms with van der Waals surface area (Å²) in [5, 5.41) is 44.7. The number of phenols is 1. The highest BCUT2D eigenvalue weighted by atomic mass is 19.1. The lowest BCUT2D eigenvalue weighted by atomic mass is 9.57. The molecule has 4 rings (SSSR count). The van der Waals surface area contributed by atoms with Crippen molar-refractivity contribution in [3.8, 4) is 5.75 Å². The molecule has 0 spiro atoms. The molecule has 1 fully saturated rings. The molecule has 0 aliphatic heterocycles. The minimum Gasteiger partial charge on any atom is -0.508 e. The Hall–Kier alpha value is -3.28. The quantitative estimate of drug-likeness (QED) is 0.328. The Morgan fingerprint density at radius 2 is 1.82 bits per heavy atom. The molecular formula is C29H38FN3O7. The van der Waals surface area contributed by atoms with Crippen molar-refractivity contribution >= 4 is 23.2 Å². The Kier molecular flexibility index (Phi) is 7.40. The Morgan fingerprint density at radius 1 is 1.20 bits per heavy atom. The van der Waals surface area contributed by atoms with Crippen molar-refractivity contribution in [2.75, 3.05) is 27.2 Å². The molecule has 0 aromatic heterocycles. The summed E-state index contributed by atoms with van der Waals surface area (Å²) in [5.41, 5.74) is 1.39. The number of fused-ring (bicyclic) bond motifs is 3. The van der Waals surface area contributed by atoms with Crippen molar-refractivity contribution in [1.82, 2.24) is 9.80 Å². The standard InChI is InChI=1S/C29H38FN3O7/c1-7-33(12-28(2,3)4)11-14-10-17(34)19-15(21(14)30)8-13-9-16-22(32(5)6)24(36)20(27(31)39)26(38)29(16,40)25(37)18(13)23(19)35/h10,13,16,22,34-35,38,40H,7-9,11-12H2,1-6H3,(H2,31,39)/t13-,16-,22-,29-/m0/s1. The molecule has 10 nitrogen and oxygen atoms in total. The zero-order chi connectivity index (χ0) is 30.1. The molecule has 3 aliphatic carbocycles. The lowest BCUT2D eigenvalue weighted by Crippen LogP contribution is -2.65. The van der Waals surface area contributed by atoms with Crippen LogP contribution in [0.2, 0.25) is 0 Å². The molecular weight excluding hydrogens is 521 g/mol. The van der Waals surface area contributed by atoms with Gasteiger partial charge in [-0.3, -0.25) is 24.2 Å². The maximum atomic E-state index is 16.0. The van der Waals surface area contributed by atoms with Crippen LogP contribution in [0.25, 0.3) is 5.76 Å². The fourth-order valence-electron chi connectivity index (χ4n) is 6.65. The highest BCUT2D eigenvalue weighted by Crippen LogP contribution is 2.53. The summed E-state index contributed by atoms with van der Waals surface area (Å²) in [6.07, 6.45) is -0.186. The molecule has 0 saturated heterocycles. The van der Waals surface area contributed by atoms with E-state index < -0.39 is 69.6 Å². The molecule has 0 unspecified atom stereocenters. The van der Waals surface area contributed by atoms with Crippen LogP contribution in [0.4, 0.5) is 4.39 Å². The number of nitrogens with two attached hydrogens (primary N) is 1. The molecule has 40 heavy (non-hydrogen) atoms. The molecule has 1 aromatic carbocycles. The maximum absolute atomic E-state index is 16.0. The average Bonchev–Trinajstić information content (AvgIpc) is 2.82. The van der Waals surface area contributed by atoms with Crippen molar-refractivity contribution in [3.05, 3.63) is 45.5 Å². The first-order valence-corrected chi connectivity index (χ1v) is 13.4. The van der Waals surface area contributed by atoms with Gasteiger partial charge in [0.15, 0.2) is 11.4 Å². The molecule has 4 atom stereocenters. The molecule has 218 valence electrons. The van der Waals surface area contributed by atoms with Crippen LogP contribution in [0.5, 0.6) is 5.75 Å². The summed E-state index contributed by atoms with van der Waals surface area (Å²) in [6, 6.07) is 0.0308. The normalized spacial score (nSPS) is 26.8. The molecule has 1 aromatic rings. The number of aliphatic hydroxyl groups excluding tert-OH is 2. The maximum Gasteiger partial charge on any atom is 0.255 e. The van der Waals surface area contributed by atoms with E-state index in [1.165, 1.54) is 25.1 Å². The largest absolute Gasteiger partial charge is 0.508 e. The number of amides is 1. The van der Waals surface area contributed by atoms with Crippen LogP contribution in [0.1, 0.15) is 50.8 Å². The average molecular weight is 560 g/mol. The minimum absolute atomic E-state index is 0.0347. The number of primary amides is 1. The third kappa shape index (κ3) is 4.49. The molecule has 6 N–H and O–H groups in total. The van der Waals surface area contributed by atoms with Gasteiger partial charge in [0.25, 0.3) is 5.91 Å². The summed E-state index contributed by atoms with van der Waals surface area (Å²) >= 11 is 0. The number of likely N-dealkylation sites (N-methyl/N-ethyl adjacent to an activating group) is 1. The van der Waals surface area contributed by atoms with Gasteiger partial charge in [-0.1, -0.05) is 27.7 Å². The number of rotatable bonds is 6. The number of benzene rings is 1. The van der Waals surface area contributed by atoms with E-state index in [4.69, 9.17) is 5.73 Å². The number of aliphatic hydroxyl groups is 3. The van der Waals surface area contributed by atoms with Gasteiger partial charge < -0.3 is 26.2 Å². The van der Waals surface area contributed by atoms with E-state index in [0.717, 1.165) is 0 Å². The third-order valence-electron chi connectivity index (χ3n) is 8.27. The number of nitrogens with zero attached hydrogens (tertiary/aromatic N) is 2. The number of Topliss-reactive ketones (excluding diaryl/α,β-unsaturated/α-hetero) is 2. The fourth-order valence-corrected chi connectivity index (χ4v) is 6.65. The van der Waals surface area contributed by atoms with Crippen LogP contribution in [-0.4, -0.2) is 86.5 Å². The summed E-state index contributed by atoms with van der Waals surface area (Å²) < 4.78 is 16.0. The van der Waals surface area contributed by atoms with E-state index in [2.05, 4.69) is 20.8 Å². The van der Waals surface area contributed by atoms with Gasteiger partial charge >= 0.3 is 0 Å². The monoisotopic (exact) mass is 559 g/mol. The molecule has 1 saturated carbocycles. The SMILES string of the molecule is CCN(Cc1cc(O)c2c(c1F)C[C@H]1C[C@H]3[C@H](N(C)C)C(=O)C(C(N)=O)=C(O)[C@@]3(O)C(=O)C1=C2O)CC(C)(C)C. The van der Waals surface area contributed by atoms with Gasteiger partial charge in [-0.15, -0.1) is 0 Å². The number of carbonyl (C=O) groups excluding carboxylic acids is 3. The van der Waals surface area contributed by atoms with Crippen molar-refractivity contribution in [1.29, 1.82) is 0 Å². The number of phenolic OH excluding ortho intramolecular Hbond substituents is 1. The molecule has 1 amide bonds. The second-order valence-corrected chi connectivity index (χ2v) is 12.5. The second-order valence-electron chi connectivity index (χ2n) is 12.5. The van der Waals surface area contributed by atoms with Crippen LogP contribution >= 0.6 is 0 Å². The van der Waals surface area contributed by atoms with Crippen LogP contribution in [0, 0.1) is 23.1 Å². The topological polar surface area (TPSA) is 165 Å². The van der Waals surface area contributed by atoms with E-state index in [0.29, 0.717) is 13.1 Å². The molecule has 11 heteroatoms. The Balaban J connectivity index is 1.86. The first-order valence-electron chi connectivity index (χ1n) is 13.4. The highest BCUT2D eigenvalue weighted by Gasteiger charge is 2.64. The van der Waals surface area contributed by atoms with Crippen molar-refractivity contribution < 1.29 is 39.2 Å². The Bertz CT molecular complexity index is 1360. The van der Waals surface area contributed by atoms with Gasteiger partial charge in [-0.05, 0) is 50.9 Å². The van der Waals surface area contributed by atoms with Crippen molar-refractivity contribution in [3.63, 3.8) is 0 Å². The lowest BCUT2D eigenvalue weighted by Gasteiger charge is -2.50. The third-order valence-corrected chi connectivity index (χ3v) is 8.27. The number of halogens is 1. The van der Waals surface area contributed by atoms with Gasteiger partial charge in [-0.25, -0.2) is 4.39 Å². The molecule has 0 bridgehead atoms. The number of aromatic hydroxyl groups is 1. The van der Waals surface area contributed by atoms with Crippen LogP contribution in [0.3, 0.4) is 0 Å². The highest BCUT2D eigenvalue weighted by molar-refractivity contribution is 6.24. The fraction of sp³-hybridized carbons (Fsp3) is 0.552. The minimum atomic E-state index is -2.73. The van der Waals surface area contributed by atoms with E-state index in [-0.39, 0.29) is 47.1 Å². The number of hydrogen-bond donors (Lipinski definition) is 5. The van der Waals surface area contributed by atoms with Gasteiger partial charge in [0.2, 0.25) is 5.78 Å². The zero-order valence-corrected chi connectivity index (χ0v) is 23.7. The Labute approximate surface area is 232 Å². The summed E-state index contributed by atoms with van der Waals surface area (Å²) in [7, 11) is 3.04. The van der Waals surface area contributed by atoms with Crippen LogP contribution in [0.15, 0.2) is 23.0 Å².